The zero-order valence-corrected chi connectivity index (χ0v) is 11.5. The van der Waals surface area contributed by atoms with Gasteiger partial charge in [-0.25, -0.2) is 5.10 Å². The molecule has 0 aliphatic rings. The van der Waals surface area contributed by atoms with Gasteiger partial charge in [0.2, 0.25) is 5.52 Å². The van der Waals surface area contributed by atoms with Crippen LogP contribution in [0, 0.1) is 5.21 Å². The van der Waals surface area contributed by atoms with E-state index in [1.807, 2.05) is 0 Å². The standard InChI is InChI=1S/C11H5BrClN3O3/c12-6-2-4-1-5-9(11(18)15-14-10(5)17)16(19)8(4)3-7(6)13/h1-3H,(H,14,17)(H,15,18). The van der Waals surface area contributed by atoms with Gasteiger partial charge in [0.05, 0.1) is 5.02 Å². The monoisotopic (exact) mass is 341 g/mol. The van der Waals surface area contributed by atoms with Crippen molar-refractivity contribution < 1.29 is 9.84 Å². The first-order valence-electron chi connectivity index (χ1n) is 5.11. The Morgan fingerprint density at radius 3 is 2.89 bits per heavy atom. The Balaban J connectivity index is 2.64. The Morgan fingerprint density at radius 2 is 2.16 bits per heavy atom. The van der Waals surface area contributed by atoms with E-state index < -0.39 is 11.4 Å². The molecule has 0 aliphatic heterocycles. The fourth-order valence-electron chi connectivity index (χ4n) is 1.90. The van der Waals surface area contributed by atoms with E-state index in [2.05, 4.69) is 26.1 Å². The molecular weight excluding hydrogens is 337 g/mol. The highest BCUT2D eigenvalue weighted by Crippen LogP contribution is 2.28. The fraction of sp³-hybridized carbons (Fsp3) is 0. The van der Waals surface area contributed by atoms with Crippen LogP contribution in [0.2, 0.25) is 5.02 Å². The highest BCUT2D eigenvalue weighted by molar-refractivity contribution is 9.10. The van der Waals surface area contributed by atoms with Crippen molar-refractivity contribution >= 4 is 49.3 Å². The van der Waals surface area contributed by atoms with Gasteiger partial charge in [0.15, 0.2) is 0 Å². The van der Waals surface area contributed by atoms with Gasteiger partial charge in [0.25, 0.3) is 11.1 Å². The lowest BCUT2D eigenvalue weighted by Crippen LogP contribution is -2.30. The molecular formula is C11H5BrClN3O3. The van der Waals surface area contributed by atoms with Crippen LogP contribution in [-0.4, -0.2) is 15.3 Å². The molecule has 2 aromatic heterocycles. The second kappa shape index (κ2) is 4.07. The number of aromatic hydroxyl groups is 1. The summed E-state index contributed by atoms with van der Waals surface area (Å²) in [6.45, 7) is 0. The number of H-pyrrole nitrogens is 1. The number of benzene rings is 1. The summed E-state index contributed by atoms with van der Waals surface area (Å²) in [6.07, 6.45) is 0. The lowest BCUT2D eigenvalue weighted by molar-refractivity contribution is -0.548. The van der Waals surface area contributed by atoms with Crippen molar-refractivity contribution in [3.05, 3.63) is 43.3 Å². The third-order valence-corrected chi connectivity index (χ3v) is 3.96. The van der Waals surface area contributed by atoms with Crippen molar-refractivity contribution in [2.24, 2.45) is 0 Å². The molecule has 0 fully saturated rings. The first-order chi connectivity index (χ1) is 8.99. The molecule has 3 aromatic rings. The van der Waals surface area contributed by atoms with E-state index >= 15 is 0 Å². The largest absolute Gasteiger partial charge is 0.618 e. The molecule has 1 aromatic carbocycles. The second-order valence-electron chi connectivity index (χ2n) is 3.90. The van der Waals surface area contributed by atoms with Crippen LogP contribution in [0.25, 0.3) is 21.8 Å². The molecule has 0 unspecified atom stereocenters. The van der Waals surface area contributed by atoms with Crippen molar-refractivity contribution in [1.29, 1.82) is 0 Å². The minimum atomic E-state index is -0.551. The van der Waals surface area contributed by atoms with E-state index in [-0.39, 0.29) is 16.4 Å². The third-order valence-electron chi connectivity index (χ3n) is 2.77. The Morgan fingerprint density at radius 1 is 1.42 bits per heavy atom. The van der Waals surface area contributed by atoms with E-state index in [0.29, 0.717) is 19.6 Å². The summed E-state index contributed by atoms with van der Waals surface area (Å²) in [4.78, 5) is 11.7. The maximum atomic E-state index is 12.2. The average molecular weight is 343 g/mol. The molecule has 19 heavy (non-hydrogen) atoms. The molecule has 0 amide bonds. The predicted molar refractivity (Wildman–Crippen MR) is 73.2 cm³/mol. The first-order valence-corrected chi connectivity index (χ1v) is 6.29. The van der Waals surface area contributed by atoms with Gasteiger partial charge >= 0.3 is 5.88 Å². The Labute approximate surface area is 119 Å². The fourth-order valence-corrected chi connectivity index (χ4v) is 2.42. The molecule has 8 heteroatoms. The van der Waals surface area contributed by atoms with Crippen LogP contribution >= 0.6 is 27.5 Å². The summed E-state index contributed by atoms with van der Waals surface area (Å²) in [5, 5.41) is 28.3. The lowest BCUT2D eigenvalue weighted by Gasteiger charge is -2.07. The van der Waals surface area contributed by atoms with E-state index in [9.17, 15) is 15.1 Å². The summed E-state index contributed by atoms with van der Waals surface area (Å²) in [6, 6.07) is 4.58. The summed E-state index contributed by atoms with van der Waals surface area (Å²) in [7, 11) is 0. The molecule has 0 saturated carbocycles. The van der Waals surface area contributed by atoms with Gasteiger partial charge in [-0.2, -0.15) is 4.73 Å². The van der Waals surface area contributed by atoms with Gasteiger partial charge in [-0.15, -0.1) is 5.10 Å². The van der Waals surface area contributed by atoms with Crippen LogP contribution in [0.4, 0.5) is 0 Å². The number of aromatic nitrogens is 3. The van der Waals surface area contributed by atoms with Crippen molar-refractivity contribution in [2.75, 3.05) is 0 Å². The van der Waals surface area contributed by atoms with Crippen LogP contribution in [-0.2, 0) is 0 Å². The van der Waals surface area contributed by atoms with Crippen molar-refractivity contribution in [2.45, 2.75) is 0 Å². The molecule has 0 atom stereocenters. The first kappa shape index (κ1) is 12.2. The number of aromatic amines is 1. The van der Waals surface area contributed by atoms with E-state index in [1.165, 1.54) is 12.1 Å². The summed E-state index contributed by atoms with van der Waals surface area (Å²) >= 11 is 9.18. The molecule has 0 bridgehead atoms. The van der Waals surface area contributed by atoms with Gasteiger partial charge in [-0.05, 0) is 28.1 Å². The smallest absolute Gasteiger partial charge is 0.304 e. The van der Waals surface area contributed by atoms with Gasteiger partial charge in [-0.1, -0.05) is 11.6 Å². The topological polar surface area (TPSA) is 92.9 Å². The molecule has 0 radical (unpaired) electrons. The van der Waals surface area contributed by atoms with Crippen LogP contribution < -0.4 is 10.3 Å². The number of rotatable bonds is 0. The maximum Gasteiger partial charge on any atom is 0.304 e. The Bertz CT molecular complexity index is 894. The van der Waals surface area contributed by atoms with Crippen molar-refractivity contribution in [3.8, 4) is 5.88 Å². The number of nitrogens with one attached hydrogen (secondary N) is 1. The SMILES string of the molecule is O=c1[nH]nc(O)c2c1cc1cc(Br)c(Cl)cc1[n+]2[O-]. The predicted octanol–water partition coefficient (Wildman–Crippen LogP) is 1.83. The van der Waals surface area contributed by atoms with Crippen LogP contribution in [0.5, 0.6) is 5.88 Å². The van der Waals surface area contributed by atoms with E-state index in [1.54, 1.807) is 6.07 Å². The van der Waals surface area contributed by atoms with Crippen molar-refractivity contribution in [3.63, 3.8) is 0 Å². The highest BCUT2D eigenvalue weighted by atomic mass is 79.9. The van der Waals surface area contributed by atoms with Crippen LogP contribution in [0.1, 0.15) is 0 Å². The minimum absolute atomic E-state index is 0.0595. The summed E-state index contributed by atoms with van der Waals surface area (Å²) in [5.41, 5.74) is -0.497. The zero-order chi connectivity index (χ0) is 13.7. The third kappa shape index (κ3) is 1.73. The van der Waals surface area contributed by atoms with Gasteiger partial charge in [0, 0.05) is 15.9 Å². The molecule has 2 N–H and O–H groups in total. The van der Waals surface area contributed by atoms with Crippen LogP contribution in [0.3, 0.4) is 0 Å². The molecule has 2 heterocycles. The van der Waals surface area contributed by atoms with Gasteiger partial charge in [0.1, 0.15) is 5.39 Å². The summed E-state index contributed by atoms with van der Waals surface area (Å²) < 4.78 is 1.05. The molecule has 0 saturated heterocycles. The number of fused-ring (bicyclic) bond motifs is 2. The Kier molecular flexibility index (Phi) is 2.61. The number of nitrogens with zero attached hydrogens (tertiary/aromatic N) is 2. The van der Waals surface area contributed by atoms with E-state index in [0.717, 1.165) is 0 Å². The average Bonchev–Trinajstić information content (AvgIpc) is 2.36. The minimum Gasteiger partial charge on any atom is -0.618 e. The number of halogens is 2. The normalized spacial score (nSPS) is 11.3. The van der Waals surface area contributed by atoms with Crippen molar-refractivity contribution in [1.82, 2.24) is 10.2 Å². The Hall–Kier alpha value is -1.86. The maximum absolute atomic E-state index is 12.2. The molecule has 3 rings (SSSR count). The quantitative estimate of drug-likeness (QED) is 0.370. The molecule has 0 aliphatic carbocycles. The van der Waals surface area contributed by atoms with Crippen LogP contribution in [0.15, 0.2) is 27.5 Å². The number of hydrogen-bond acceptors (Lipinski definition) is 4. The number of hydrogen-bond donors (Lipinski definition) is 2. The molecule has 96 valence electrons. The zero-order valence-electron chi connectivity index (χ0n) is 9.15. The lowest BCUT2D eigenvalue weighted by atomic mass is 10.1. The molecule has 6 nitrogen and oxygen atoms in total. The molecule has 0 spiro atoms. The van der Waals surface area contributed by atoms with Gasteiger partial charge in [-0.3, -0.25) is 4.79 Å². The summed E-state index contributed by atoms with van der Waals surface area (Å²) in [5.74, 6) is -0.537. The van der Waals surface area contributed by atoms with Gasteiger partial charge < -0.3 is 10.3 Å². The second-order valence-corrected chi connectivity index (χ2v) is 5.16. The highest BCUT2D eigenvalue weighted by Gasteiger charge is 2.19. The van der Waals surface area contributed by atoms with E-state index in [4.69, 9.17) is 11.6 Å². The number of pyridine rings is 1.